The summed E-state index contributed by atoms with van der Waals surface area (Å²) in [6.07, 6.45) is 0. The average molecular weight is 377 g/mol. The van der Waals surface area contributed by atoms with Gasteiger partial charge in [-0.15, -0.1) is 0 Å². The molecule has 0 nitrogen and oxygen atoms in total. The number of hydrogen-bond acceptors (Lipinski definition) is 2. The lowest BCUT2D eigenvalue weighted by Gasteiger charge is -2.12. The van der Waals surface area contributed by atoms with E-state index in [-0.39, 0.29) is 0 Å². The van der Waals surface area contributed by atoms with Gasteiger partial charge in [-0.25, -0.2) is 0 Å². The molecule has 0 heterocycles. The van der Waals surface area contributed by atoms with Crippen LogP contribution in [0.2, 0.25) is 0 Å². The summed E-state index contributed by atoms with van der Waals surface area (Å²) >= 11 is 36.1. The van der Waals surface area contributed by atoms with Crippen molar-refractivity contribution in [2.45, 2.75) is 16.0 Å². The molecule has 0 unspecified atom stereocenters. The van der Waals surface area contributed by atoms with Gasteiger partial charge in [-0.3, -0.25) is 0 Å². The summed E-state index contributed by atoms with van der Waals surface area (Å²) in [6.45, 7) is 0. The molecule has 0 radical (unpaired) electrons. The standard InChI is InChI=1S/C8H4Cl6S2/c9-7(10,11)15-5-1-2-6(4-3-5)16-8(12,13)14/h1-4H. The largest absolute Gasteiger partial charge is 0.241 e. The molecular weight excluding hydrogens is 373 g/mol. The second kappa shape index (κ2) is 6.21. The molecule has 0 spiro atoms. The van der Waals surface area contributed by atoms with Gasteiger partial charge in [-0.1, -0.05) is 93.1 Å². The van der Waals surface area contributed by atoms with Gasteiger partial charge in [0.25, 0.3) is 0 Å². The summed E-state index contributed by atoms with van der Waals surface area (Å²) < 4.78 is -2.74. The van der Waals surface area contributed by atoms with E-state index in [0.29, 0.717) is 0 Å². The molecule has 0 aromatic heterocycles. The molecule has 0 saturated carbocycles. The molecule has 0 aliphatic rings. The molecule has 0 bridgehead atoms. The summed E-state index contributed by atoms with van der Waals surface area (Å²) in [5.74, 6) is 0. The van der Waals surface area contributed by atoms with Crippen LogP contribution in [0.3, 0.4) is 0 Å². The number of halogens is 6. The maximum Gasteiger partial charge on any atom is 0.241 e. The SMILES string of the molecule is ClC(Cl)(Cl)Sc1ccc(SC(Cl)(Cl)Cl)cc1. The predicted molar refractivity (Wildman–Crippen MR) is 78.7 cm³/mol. The Morgan fingerprint density at radius 3 is 1.06 bits per heavy atom. The molecule has 0 N–H and O–H groups in total. The van der Waals surface area contributed by atoms with Crippen molar-refractivity contribution < 1.29 is 0 Å². The third kappa shape index (κ3) is 7.17. The first kappa shape index (κ1) is 15.7. The lowest BCUT2D eigenvalue weighted by atomic mass is 10.4. The van der Waals surface area contributed by atoms with E-state index in [9.17, 15) is 0 Å². The van der Waals surface area contributed by atoms with Crippen LogP contribution in [-0.4, -0.2) is 6.25 Å². The van der Waals surface area contributed by atoms with Gasteiger partial charge in [0.15, 0.2) is 0 Å². The van der Waals surface area contributed by atoms with Crippen molar-refractivity contribution in [3.63, 3.8) is 0 Å². The van der Waals surface area contributed by atoms with Crippen LogP contribution in [0.25, 0.3) is 0 Å². The van der Waals surface area contributed by atoms with Crippen LogP contribution in [0.1, 0.15) is 0 Å². The monoisotopic (exact) mass is 374 g/mol. The van der Waals surface area contributed by atoms with Gasteiger partial charge in [0.1, 0.15) is 0 Å². The van der Waals surface area contributed by atoms with Crippen LogP contribution in [0.4, 0.5) is 0 Å². The van der Waals surface area contributed by atoms with E-state index >= 15 is 0 Å². The predicted octanol–water partition coefficient (Wildman–Crippen LogP) is 6.53. The molecule has 16 heavy (non-hydrogen) atoms. The number of thioether (sulfide) groups is 2. The smallest absolute Gasteiger partial charge is 0.0714 e. The topological polar surface area (TPSA) is 0 Å². The van der Waals surface area contributed by atoms with E-state index in [1.54, 1.807) is 24.3 Å². The number of alkyl halides is 6. The van der Waals surface area contributed by atoms with Crippen LogP contribution in [0.15, 0.2) is 34.1 Å². The summed E-state index contributed by atoms with van der Waals surface area (Å²) in [5.41, 5.74) is 0. The number of rotatable bonds is 2. The fourth-order valence-corrected chi connectivity index (χ4v) is 3.53. The van der Waals surface area contributed by atoms with E-state index in [4.69, 9.17) is 69.6 Å². The Bertz CT molecular complexity index is 304. The molecule has 1 aromatic carbocycles. The van der Waals surface area contributed by atoms with Crippen molar-refractivity contribution in [3.8, 4) is 0 Å². The highest BCUT2D eigenvalue weighted by atomic mass is 35.6. The minimum Gasteiger partial charge on any atom is -0.0714 e. The van der Waals surface area contributed by atoms with Gasteiger partial charge in [0, 0.05) is 9.79 Å². The maximum absolute atomic E-state index is 5.64. The van der Waals surface area contributed by atoms with Gasteiger partial charge in [0.2, 0.25) is 6.25 Å². The Morgan fingerprint density at radius 2 is 0.875 bits per heavy atom. The number of hydrogen-bond donors (Lipinski definition) is 0. The minimum atomic E-state index is -1.37. The zero-order valence-electron chi connectivity index (χ0n) is 7.39. The second-order valence-corrected chi connectivity index (χ2v) is 11.0. The Labute approximate surface area is 132 Å². The Hall–Kier alpha value is 1.66. The fraction of sp³-hybridized carbons (Fsp3) is 0.250. The molecule has 1 aromatic rings. The maximum atomic E-state index is 5.64. The summed E-state index contributed by atoms with van der Waals surface area (Å²) in [5, 5.41) is 0. The zero-order valence-corrected chi connectivity index (χ0v) is 13.6. The first-order chi connectivity index (χ1) is 7.16. The Kier molecular flexibility index (Phi) is 6.10. The van der Waals surface area contributed by atoms with Crippen molar-refractivity contribution in [2.75, 3.05) is 0 Å². The second-order valence-electron chi connectivity index (χ2n) is 2.57. The third-order valence-electron chi connectivity index (χ3n) is 1.29. The summed E-state index contributed by atoms with van der Waals surface area (Å²) in [7, 11) is 0. The number of benzene rings is 1. The fourth-order valence-electron chi connectivity index (χ4n) is 0.843. The first-order valence-corrected chi connectivity index (χ1v) is 7.67. The van der Waals surface area contributed by atoms with E-state index < -0.39 is 6.25 Å². The van der Waals surface area contributed by atoms with Crippen molar-refractivity contribution in [3.05, 3.63) is 24.3 Å². The first-order valence-electron chi connectivity index (χ1n) is 3.77. The van der Waals surface area contributed by atoms with Crippen LogP contribution in [-0.2, 0) is 0 Å². The van der Waals surface area contributed by atoms with E-state index in [0.717, 1.165) is 33.3 Å². The summed E-state index contributed by atoms with van der Waals surface area (Å²) in [4.78, 5) is 1.65. The minimum absolute atomic E-state index is 0.827. The molecule has 90 valence electrons. The molecule has 0 atom stereocenters. The highest BCUT2D eigenvalue weighted by Crippen LogP contribution is 2.46. The molecule has 0 saturated heterocycles. The van der Waals surface area contributed by atoms with E-state index in [2.05, 4.69) is 0 Å². The van der Waals surface area contributed by atoms with Crippen LogP contribution in [0.5, 0.6) is 0 Å². The van der Waals surface area contributed by atoms with Crippen molar-refractivity contribution in [2.24, 2.45) is 0 Å². The normalized spacial score (nSPS) is 12.9. The average Bonchev–Trinajstić information content (AvgIpc) is 2.03. The zero-order chi connectivity index (χ0) is 12.4. The molecule has 0 fully saturated rings. The van der Waals surface area contributed by atoms with Gasteiger partial charge in [-0.05, 0) is 24.3 Å². The van der Waals surface area contributed by atoms with Crippen LogP contribution in [0, 0.1) is 0 Å². The van der Waals surface area contributed by atoms with Crippen LogP contribution < -0.4 is 0 Å². The van der Waals surface area contributed by atoms with Gasteiger partial charge in [-0.2, -0.15) is 0 Å². The van der Waals surface area contributed by atoms with E-state index in [1.165, 1.54) is 0 Å². The quantitative estimate of drug-likeness (QED) is 0.425. The Morgan fingerprint density at radius 1 is 0.625 bits per heavy atom. The van der Waals surface area contributed by atoms with E-state index in [1.807, 2.05) is 0 Å². The van der Waals surface area contributed by atoms with Crippen molar-refractivity contribution in [1.29, 1.82) is 0 Å². The molecule has 0 aliphatic heterocycles. The lowest BCUT2D eigenvalue weighted by molar-refractivity contribution is 1.35. The highest BCUT2D eigenvalue weighted by Gasteiger charge is 2.23. The van der Waals surface area contributed by atoms with Gasteiger partial charge in [0.05, 0.1) is 0 Å². The van der Waals surface area contributed by atoms with Crippen molar-refractivity contribution >= 4 is 93.1 Å². The molecular formula is C8H4Cl6S2. The van der Waals surface area contributed by atoms with Gasteiger partial charge >= 0.3 is 0 Å². The van der Waals surface area contributed by atoms with Crippen molar-refractivity contribution in [1.82, 2.24) is 0 Å². The molecule has 0 aliphatic carbocycles. The van der Waals surface area contributed by atoms with Crippen LogP contribution >= 0.6 is 93.1 Å². The van der Waals surface area contributed by atoms with Gasteiger partial charge < -0.3 is 0 Å². The Balaban J connectivity index is 2.69. The summed E-state index contributed by atoms with van der Waals surface area (Å²) in [6, 6.07) is 7.19. The molecule has 0 amide bonds. The molecule has 8 heteroatoms. The highest BCUT2D eigenvalue weighted by molar-refractivity contribution is 8.05. The molecule has 1 rings (SSSR count). The lowest BCUT2D eigenvalue weighted by Crippen LogP contribution is -1.94. The third-order valence-corrected chi connectivity index (χ3v) is 4.16.